The van der Waals surface area contributed by atoms with Crippen LogP contribution in [0.4, 0.5) is 0 Å². The summed E-state index contributed by atoms with van der Waals surface area (Å²) in [6.07, 6.45) is 3.67. The van der Waals surface area contributed by atoms with Gasteiger partial charge in [0.05, 0.1) is 6.10 Å². The third kappa shape index (κ3) is 2.79. The zero-order chi connectivity index (χ0) is 8.97. The van der Waals surface area contributed by atoms with E-state index >= 15 is 0 Å². The van der Waals surface area contributed by atoms with Crippen molar-refractivity contribution in [3.8, 4) is 0 Å². The van der Waals surface area contributed by atoms with E-state index in [4.69, 9.17) is 15.6 Å². The predicted octanol–water partition coefficient (Wildman–Crippen LogP) is 0.357. The number of carboxylic acids is 1. The lowest BCUT2D eigenvalue weighted by Gasteiger charge is -2.10. The molecule has 0 amide bonds. The molecule has 1 rings (SSSR count). The van der Waals surface area contributed by atoms with Gasteiger partial charge in [0.1, 0.15) is 6.04 Å². The van der Waals surface area contributed by atoms with Gasteiger partial charge in [0, 0.05) is 6.61 Å². The monoisotopic (exact) mass is 173 g/mol. The van der Waals surface area contributed by atoms with Crippen LogP contribution in [0.3, 0.4) is 0 Å². The van der Waals surface area contributed by atoms with Crippen LogP contribution >= 0.6 is 0 Å². The lowest BCUT2D eigenvalue weighted by molar-refractivity contribution is -0.138. The van der Waals surface area contributed by atoms with Crippen LogP contribution in [0.25, 0.3) is 0 Å². The van der Waals surface area contributed by atoms with E-state index in [1.54, 1.807) is 0 Å². The Morgan fingerprint density at radius 1 is 1.75 bits per heavy atom. The summed E-state index contributed by atoms with van der Waals surface area (Å²) in [5, 5.41) is 8.49. The van der Waals surface area contributed by atoms with E-state index in [9.17, 15) is 4.79 Å². The van der Waals surface area contributed by atoms with E-state index in [1.165, 1.54) is 0 Å². The molecule has 1 aliphatic rings. The molecule has 0 radical (unpaired) electrons. The van der Waals surface area contributed by atoms with E-state index < -0.39 is 12.0 Å². The maximum atomic E-state index is 10.3. The van der Waals surface area contributed by atoms with Gasteiger partial charge in [0.25, 0.3) is 0 Å². The van der Waals surface area contributed by atoms with Crippen molar-refractivity contribution >= 4 is 5.97 Å². The van der Waals surface area contributed by atoms with Gasteiger partial charge in [-0.25, -0.2) is 0 Å². The van der Waals surface area contributed by atoms with Gasteiger partial charge < -0.3 is 15.6 Å². The molecule has 1 aliphatic heterocycles. The molecule has 0 aromatic carbocycles. The molecule has 70 valence electrons. The smallest absolute Gasteiger partial charge is 0.320 e. The molecule has 0 aliphatic carbocycles. The molecule has 4 nitrogen and oxygen atoms in total. The number of carboxylic acid groups (broad SMARTS) is 1. The van der Waals surface area contributed by atoms with Crippen LogP contribution in [-0.4, -0.2) is 29.8 Å². The van der Waals surface area contributed by atoms with Crippen molar-refractivity contribution in [2.45, 2.75) is 37.8 Å². The molecular weight excluding hydrogens is 158 g/mol. The van der Waals surface area contributed by atoms with Gasteiger partial charge in [-0.15, -0.1) is 0 Å². The van der Waals surface area contributed by atoms with Crippen LogP contribution in [0, 0.1) is 0 Å². The molecule has 3 N–H and O–H groups in total. The molecule has 0 spiro atoms. The molecule has 1 unspecified atom stereocenters. The number of hydrogen-bond acceptors (Lipinski definition) is 3. The summed E-state index contributed by atoms with van der Waals surface area (Å²) in [6.45, 7) is 0.812. The second-order valence-electron chi connectivity index (χ2n) is 3.16. The third-order valence-electron chi connectivity index (χ3n) is 2.14. The standard InChI is InChI=1S/C8H15NO3/c9-7(8(10)11)4-3-6-2-1-5-12-6/h6-7H,1-5,9H2,(H,10,11)/t6?,7-/m0/s1. The Morgan fingerprint density at radius 3 is 3.00 bits per heavy atom. The molecular formula is C8H15NO3. The molecule has 2 atom stereocenters. The van der Waals surface area contributed by atoms with Crippen LogP contribution < -0.4 is 5.73 Å². The number of ether oxygens (including phenoxy) is 1. The van der Waals surface area contributed by atoms with Crippen molar-refractivity contribution in [1.82, 2.24) is 0 Å². The highest BCUT2D eigenvalue weighted by atomic mass is 16.5. The maximum Gasteiger partial charge on any atom is 0.320 e. The van der Waals surface area contributed by atoms with E-state index in [2.05, 4.69) is 0 Å². The van der Waals surface area contributed by atoms with Gasteiger partial charge in [0.2, 0.25) is 0 Å². The summed E-state index contributed by atoms with van der Waals surface area (Å²) in [6, 6.07) is -0.728. The minimum Gasteiger partial charge on any atom is -0.480 e. The lowest BCUT2D eigenvalue weighted by atomic mass is 10.1. The average molecular weight is 173 g/mol. The van der Waals surface area contributed by atoms with E-state index in [0.717, 1.165) is 25.9 Å². The van der Waals surface area contributed by atoms with E-state index in [1.807, 2.05) is 0 Å². The van der Waals surface area contributed by atoms with Gasteiger partial charge in [-0.05, 0) is 25.7 Å². The maximum absolute atomic E-state index is 10.3. The van der Waals surface area contributed by atoms with Crippen LogP contribution in [0.2, 0.25) is 0 Å². The molecule has 0 aromatic rings. The van der Waals surface area contributed by atoms with Crippen molar-refractivity contribution in [3.05, 3.63) is 0 Å². The highest BCUT2D eigenvalue weighted by Gasteiger charge is 2.18. The topological polar surface area (TPSA) is 72.5 Å². The zero-order valence-electron chi connectivity index (χ0n) is 7.03. The van der Waals surface area contributed by atoms with Crippen molar-refractivity contribution in [1.29, 1.82) is 0 Å². The Morgan fingerprint density at radius 2 is 2.50 bits per heavy atom. The SMILES string of the molecule is N[C@@H](CCC1CCCO1)C(=O)O. The highest BCUT2D eigenvalue weighted by molar-refractivity contribution is 5.72. The van der Waals surface area contributed by atoms with Gasteiger partial charge >= 0.3 is 5.97 Å². The Bertz CT molecular complexity index is 154. The fourth-order valence-corrected chi connectivity index (χ4v) is 1.36. The van der Waals surface area contributed by atoms with Crippen molar-refractivity contribution in [3.63, 3.8) is 0 Å². The van der Waals surface area contributed by atoms with Crippen LogP contribution in [0.15, 0.2) is 0 Å². The number of hydrogen-bond donors (Lipinski definition) is 2. The number of carbonyl (C=O) groups is 1. The minimum absolute atomic E-state index is 0.246. The second-order valence-corrected chi connectivity index (χ2v) is 3.16. The van der Waals surface area contributed by atoms with Gasteiger partial charge in [-0.2, -0.15) is 0 Å². The predicted molar refractivity (Wildman–Crippen MR) is 43.8 cm³/mol. The molecule has 1 heterocycles. The summed E-state index contributed by atoms with van der Waals surface area (Å²) >= 11 is 0. The van der Waals surface area contributed by atoms with Crippen molar-refractivity contribution in [2.75, 3.05) is 6.61 Å². The average Bonchev–Trinajstić information content (AvgIpc) is 2.51. The summed E-state index contributed by atoms with van der Waals surface area (Å²) in [4.78, 5) is 10.3. The van der Waals surface area contributed by atoms with Gasteiger partial charge in [-0.1, -0.05) is 0 Å². The fourth-order valence-electron chi connectivity index (χ4n) is 1.36. The molecule has 0 aromatic heterocycles. The second kappa shape index (κ2) is 4.42. The van der Waals surface area contributed by atoms with Crippen LogP contribution in [-0.2, 0) is 9.53 Å². The zero-order valence-corrected chi connectivity index (χ0v) is 7.03. The Kier molecular flexibility index (Phi) is 3.49. The fraction of sp³-hybridized carbons (Fsp3) is 0.875. The summed E-state index contributed by atoms with van der Waals surface area (Å²) in [5.74, 6) is -0.923. The molecule has 4 heteroatoms. The van der Waals surface area contributed by atoms with Crippen molar-refractivity contribution < 1.29 is 14.6 Å². The number of rotatable bonds is 4. The highest BCUT2D eigenvalue weighted by Crippen LogP contribution is 2.17. The molecule has 12 heavy (non-hydrogen) atoms. The first-order valence-electron chi connectivity index (χ1n) is 4.30. The van der Waals surface area contributed by atoms with E-state index in [0.29, 0.717) is 6.42 Å². The lowest BCUT2D eigenvalue weighted by Crippen LogP contribution is -2.30. The minimum atomic E-state index is -0.923. The largest absolute Gasteiger partial charge is 0.480 e. The molecule has 1 saturated heterocycles. The third-order valence-corrected chi connectivity index (χ3v) is 2.14. The van der Waals surface area contributed by atoms with Crippen molar-refractivity contribution in [2.24, 2.45) is 5.73 Å². The quantitative estimate of drug-likeness (QED) is 0.643. The summed E-state index contributed by atoms with van der Waals surface area (Å²) < 4.78 is 5.33. The van der Waals surface area contributed by atoms with Crippen LogP contribution in [0.5, 0.6) is 0 Å². The van der Waals surface area contributed by atoms with E-state index in [-0.39, 0.29) is 6.10 Å². The molecule has 1 fully saturated rings. The first-order valence-corrected chi connectivity index (χ1v) is 4.30. The first kappa shape index (κ1) is 9.48. The van der Waals surface area contributed by atoms with Crippen LogP contribution in [0.1, 0.15) is 25.7 Å². The Hall–Kier alpha value is -0.610. The Labute approximate surface area is 71.7 Å². The normalized spacial score (nSPS) is 25.6. The molecule has 0 bridgehead atoms. The summed E-state index contributed by atoms with van der Waals surface area (Å²) in [7, 11) is 0. The Balaban J connectivity index is 2.11. The number of aliphatic carboxylic acids is 1. The molecule has 0 saturated carbocycles. The number of nitrogens with two attached hydrogens (primary N) is 1. The van der Waals surface area contributed by atoms with Gasteiger partial charge in [0.15, 0.2) is 0 Å². The first-order chi connectivity index (χ1) is 5.70. The van der Waals surface area contributed by atoms with Gasteiger partial charge in [-0.3, -0.25) is 4.79 Å². The summed E-state index contributed by atoms with van der Waals surface area (Å²) in [5.41, 5.74) is 5.34.